The average molecular weight is 204 g/mol. The molecule has 14 heavy (non-hydrogen) atoms. The predicted octanol–water partition coefficient (Wildman–Crippen LogP) is 0.963. The van der Waals surface area contributed by atoms with Crippen molar-refractivity contribution in [1.82, 2.24) is 4.98 Å². The number of ether oxygens (including phenoxy) is 1. The van der Waals surface area contributed by atoms with Crippen LogP contribution in [0.1, 0.15) is 10.4 Å². The highest BCUT2D eigenvalue weighted by Crippen LogP contribution is 2.20. The first-order chi connectivity index (χ1) is 6.50. The first kappa shape index (κ1) is 10.2. The lowest BCUT2D eigenvalue weighted by Crippen LogP contribution is -2.09. The number of hydrogen-bond donors (Lipinski definition) is 2. The molecule has 0 aromatic carbocycles. The molecule has 0 spiro atoms. The molecule has 1 heterocycles. The first-order valence-corrected chi connectivity index (χ1v) is 3.44. The average Bonchev–Trinajstić information content (AvgIpc) is 2.07. The van der Waals surface area contributed by atoms with Gasteiger partial charge in [0.2, 0.25) is 0 Å². The van der Waals surface area contributed by atoms with E-state index in [-0.39, 0.29) is 5.82 Å². The van der Waals surface area contributed by atoms with E-state index in [0.717, 1.165) is 12.3 Å². The van der Waals surface area contributed by atoms with Crippen LogP contribution in [0.3, 0.4) is 0 Å². The van der Waals surface area contributed by atoms with Crippen LogP contribution in [0.15, 0.2) is 12.3 Å². The van der Waals surface area contributed by atoms with E-state index in [0.29, 0.717) is 0 Å². The predicted molar refractivity (Wildman–Crippen MR) is 42.2 cm³/mol. The van der Waals surface area contributed by atoms with Crippen molar-refractivity contribution >= 4 is 11.8 Å². The van der Waals surface area contributed by atoms with Crippen molar-refractivity contribution < 1.29 is 23.4 Å². The summed E-state index contributed by atoms with van der Waals surface area (Å²) < 4.78 is 27.5. The van der Waals surface area contributed by atoms with Crippen LogP contribution < -0.4 is 10.5 Å². The van der Waals surface area contributed by atoms with Crippen molar-refractivity contribution in [3.63, 3.8) is 0 Å². The molecule has 0 amide bonds. The molecule has 76 valence electrons. The second kappa shape index (κ2) is 3.86. The summed E-state index contributed by atoms with van der Waals surface area (Å²) in [4.78, 5) is 14.0. The Balaban J connectivity index is 3.08. The number of alkyl halides is 2. The van der Waals surface area contributed by atoms with E-state index in [9.17, 15) is 13.6 Å². The van der Waals surface area contributed by atoms with E-state index in [1.165, 1.54) is 0 Å². The molecule has 0 saturated heterocycles. The lowest BCUT2D eigenvalue weighted by atomic mass is 10.2. The molecule has 0 aliphatic heterocycles. The molecule has 0 bridgehead atoms. The molecule has 0 radical (unpaired) electrons. The fourth-order valence-corrected chi connectivity index (χ4v) is 0.816. The highest BCUT2D eigenvalue weighted by atomic mass is 19.3. The Labute approximate surface area is 77.1 Å². The van der Waals surface area contributed by atoms with Crippen molar-refractivity contribution in [2.45, 2.75) is 6.61 Å². The van der Waals surface area contributed by atoms with Gasteiger partial charge in [-0.3, -0.25) is 0 Å². The number of anilines is 1. The van der Waals surface area contributed by atoms with E-state index >= 15 is 0 Å². The number of nitrogens with two attached hydrogens (primary N) is 1. The van der Waals surface area contributed by atoms with Crippen LogP contribution in [0.25, 0.3) is 0 Å². The second-order valence-corrected chi connectivity index (χ2v) is 2.29. The molecule has 1 aromatic heterocycles. The van der Waals surface area contributed by atoms with Crippen molar-refractivity contribution in [3.8, 4) is 5.75 Å². The van der Waals surface area contributed by atoms with Gasteiger partial charge in [0.25, 0.3) is 0 Å². The normalized spacial score (nSPS) is 10.2. The molecule has 7 heteroatoms. The minimum Gasteiger partial charge on any atom is -0.478 e. The summed E-state index contributed by atoms with van der Waals surface area (Å²) >= 11 is 0. The second-order valence-electron chi connectivity index (χ2n) is 2.29. The van der Waals surface area contributed by atoms with Gasteiger partial charge in [0.1, 0.15) is 11.4 Å². The monoisotopic (exact) mass is 204 g/mol. The van der Waals surface area contributed by atoms with Crippen LogP contribution in [0, 0.1) is 0 Å². The van der Waals surface area contributed by atoms with E-state index in [2.05, 4.69) is 9.72 Å². The number of rotatable bonds is 3. The molecule has 0 unspecified atom stereocenters. The van der Waals surface area contributed by atoms with Gasteiger partial charge in [-0.2, -0.15) is 8.78 Å². The summed E-state index contributed by atoms with van der Waals surface area (Å²) in [5.74, 6) is -2.00. The van der Waals surface area contributed by atoms with Crippen LogP contribution >= 0.6 is 0 Å². The Hall–Kier alpha value is -1.92. The number of carboxylic acid groups (broad SMARTS) is 1. The lowest BCUT2D eigenvalue weighted by molar-refractivity contribution is -0.0505. The molecule has 0 saturated carbocycles. The minimum atomic E-state index is -3.10. The first-order valence-electron chi connectivity index (χ1n) is 3.44. The molecular formula is C7H6F2N2O3. The number of carbonyl (C=O) groups is 1. The topological polar surface area (TPSA) is 85.4 Å². The Morgan fingerprint density at radius 1 is 1.64 bits per heavy atom. The van der Waals surface area contributed by atoms with Crippen LogP contribution in [-0.2, 0) is 0 Å². The van der Waals surface area contributed by atoms with Crippen LogP contribution in [0.2, 0.25) is 0 Å². The van der Waals surface area contributed by atoms with Crippen molar-refractivity contribution in [3.05, 3.63) is 17.8 Å². The van der Waals surface area contributed by atoms with E-state index in [1.54, 1.807) is 0 Å². The Bertz CT molecular complexity index is 357. The van der Waals surface area contributed by atoms with Crippen molar-refractivity contribution in [1.29, 1.82) is 0 Å². The number of nitrogens with zero attached hydrogens (tertiary/aromatic N) is 1. The highest BCUT2D eigenvalue weighted by Gasteiger charge is 2.15. The maximum Gasteiger partial charge on any atom is 0.387 e. The summed E-state index contributed by atoms with van der Waals surface area (Å²) in [7, 11) is 0. The zero-order valence-electron chi connectivity index (χ0n) is 6.78. The van der Waals surface area contributed by atoms with Crippen molar-refractivity contribution in [2.24, 2.45) is 0 Å². The van der Waals surface area contributed by atoms with Gasteiger partial charge in [-0.25, -0.2) is 9.78 Å². The van der Waals surface area contributed by atoms with E-state index < -0.39 is 23.9 Å². The number of nitrogen functional groups attached to an aromatic ring is 1. The third-order valence-corrected chi connectivity index (χ3v) is 1.34. The van der Waals surface area contributed by atoms with Crippen LogP contribution in [0.4, 0.5) is 14.6 Å². The zero-order valence-corrected chi connectivity index (χ0v) is 6.78. The van der Waals surface area contributed by atoms with Crippen LogP contribution in [0.5, 0.6) is 5.75 Å². The quantitative estimate of drug-likeness (QED) is 0.765. The number of hydrogen-bond acceptors (Lipinski definition) is 4. The summed E-state index contributed by atoms with van der Waals surface area (Å²) in [5, 5.41) is 8.59. The SMILES string of the molecule is Nc1cc(C(=O)O)c(OC(F)F)cn1. The number of halogens is 2. The zero-order chi connectivity index (χ0) is 10.7. The van der Waals surface area contributed by atoms with Gasteiger partial charge in [-0.15, -0.1) is 0 Å². The number of carboxylic acids is 1. The van der Waals surface area contributed by atoms with E-state index in [1.807, 2.05) is 0 Å². The van der Waals surface area contributed by atoms with Crippen molar-refractivity contribution in [2.75, 3.05) is 5.73 Å². The summed E-state index contributed by atoms with van der Waals surface area (Å²) in [6.07, 6.45) is 0.838. The Kier molecular flexibility index (Phi) is 2.80. The fraction of sp³-hybridized carbons (Fsp3) is 0.143. The molecular weight excluding hydrogens is 198 g/mol. The van der Waals surface area contributed by atoms with Gasteiger partial charge >= 0.3 is 12.6 Å². The summed E-state index contributed by atoms with van der Waals surface area (Å²) in [6, 6.07) is 0.944. The molecule has 5 nitrogen and oxygen atoms in total. The standard InChI is InChI=1S/C7H6F2N2O3/c8-7(9)14-4-2-11-5(10)1-3(4)6(12)13/h1-2,7H,(H2,10,11)(H,12,13). The Morgan fingerprint density at radius 2 is 2.29 bits per heavy atom. The molecule has 1 rings (SSSR count). The van der Waals surface area contributed by atoms with Crippen LogP contribution in [-0.4, -0.2) is 22.7 Å². The summed E-state index contributed by atoms with van der Waals surface area (Å²) in [5.41, 5.74) is 4.73. The smallest absolute Gasteiger partial charge is 0.387 e. The molecule has 0 aliphatic rings. The number of aromatic nitrogens is 1. The van der Waals surface area contributed by atoms with Gasteiger partial charge in [0, 0.05) is 0 Å². The highest BCUT2D eigenvalue weighted by molar-refractivity contribution is 5.91. The number of aromatic carboxylic acids is 1. The largest absolute Gasteiger partial charge is 0.478 e. The van der Waals surface area contributed by atoms with Gasteiger partial charge < -0.3 is 15.6 Å². The molecule has 0 aliphatic carbocycles. The molecule has 1 aromatic rings. The van der Waals surface area contributed by atoms with Gasteiger partial charge in [-0.05, 0) is 6.07 Å². The maximum atomic E-state index is 11.8. The minimum absolute atomic E-state index is 0.0796. The molecule has 3 N–H and O–H groups in total. The van der Waals surface area contributed by atoms with Gasteiger partial charge in [0.15, 0.2) is 5.75 Å². The molecule has 0 fully saturated rings. The number of pyridine rings is 1. The third-order valence-electron chi connectivity index (χ3n) is 1.34. The lowest BCUT2D eigenvalue weighted by Gasteiger charge is -2.07. The van der Waals surface area contributed by atoms with Gasteiger partial charge in [-0.1, -0.05) is 0 Å². The fourth-order valence-electron chi connectivity index (χ4n) is 0.816. The Morgan fingerprint density at radius 3 is 2.79 bits per heavy atom. The molecule has 0 atom stereocenters. The summed E-state index contributed by atoms with van der Waals surface area (Å²) in [6.45, 7) is -3.10. The van der Waals surface area contributed by atoms with E-state index in [4.69, 9.17) is 10.8 Å². The van der Waals surface area contributed by atoms with Gasteiger partial charge in [0.05, 0.1) is 6.20 Å². The maximum absolute atomic E-state index is 11.8. The third kappa shape index (κ3) is 2.28.